The number of hydrogen-bond donors (Lipinski definition) is 1. The van der Waals surface area contributed by atoms with Crippen LogP contribution in [-0.2, 0) is 9.47 Å². The van der Waals surface area contributed by atoms with E-state index in [0.29, 0.717) is 10.5 Å². The molecule has 1 heterocycles. The van der Waals surface area contributed by atoms with Gasteiger partial charge in [0.25, 0.3) is 0 Å². The summed E-state index contributed by atoms with van der Waals surface area (Å²) in [4.78, 5) is 6.79. The second kappa shape index (κ2) is 6.64. The van der Waals surface area contributed by atoms with Gasteiger partial charge in [-0.05, 0) is 18.3 Å². The minimum atomic E-state index is -0.443. The van der Waals surface area contributed by atoms with E-state index in [4.69, 9.17) is 21.7 Å². The molecule has 0 atom stereocenters. The molecule has 1 rings (SSSR count). The van der Waals surface area contributed by atoms with Gasteiger partial charge in [-0.15, -0.1) is 0 Å². The molecule has 0 fully saturated rings. The summed E-state index contributed by atoms with van der Waals surface area (Å²) in [5, 5.41) is 0. The Balaban J connectivity index is 0.00000144. The Morgan fingerprint density at radius 1 is 1.46 bits per heavy atom. The van der Waals surface area contributed by atoms with E-state index < -0.39 is 6.29 Å². The van der Waals surface area contributed by atoms with E-state index in [9.17, 15) is 0 Å². The van der Waals surface area contributed by atoms with Gasteiger partial charge in [-0.3, -0.25) is 0 Å². The van der Waals surface area contributed by atoms with Gasteiger partial charge in [0.1, 0.15) is 5.69 Å². The average Bonchev–Trinajstić information content (AvgIpc) is 2.07. The second-order valence-corrected chi connectivity index (χ2v) is 2.51. The molecule has 1 N–H and O–H groups in total. The number of ether oxygens (including phenoxy) is 2. The summed E-state index contributed by atoms with van der Waals surface area (Å²) in [6.07, 6.45) is 1.26. The number of aromatic nitrogens is 2. The molecule has 0 bridgehead atoms. The summed E-state index contributed by atoms with van der Waals surface area (Å²) >= 11 is 4.84. The number of nitrogens with zero attached hydrogens (tertiary/aromatic N) is 1. The van der Waals surface area contributed by atoms with Gasteiger partial charge in [0.05, 0.1) is 0 Å². The quantitative estimate of drug-likeness (QED) is 0.455. The molecule has 0 aliphatic carbocycles. The third-order valence-corrected chi connectivity index (χ3v) is 1.57. The fourth-order valence-electron chi connectivity index (χ4n) is 0.854. The van der Waals surface area contributed by atoms with Crippen LogP contribution in [0.3, 0.4) is 0 Å². The zero-order valence-corrected chi connectivity index (χ0v) is 7.72. The zero-order chi connectivity index (χ0) is 8.97. The van der Waals surface area contributed by atoms with Crippen LogP contribution in [0, 0.1) is 4.77 Å². The van der Waals surface area contributed by atoms with Gasteiger partial charge >= 0.3 is 29.6 Å². The third-order valence-electron chi connectivity index (χ3n) is 1.36. The van der Waals surface area contributed by atoms with Crippen molar-refractivity contribution >= 4 is 41.8 Å². The molecule has 1 aromatic heterocycles. The summed E-state index contributed by atoms with van der Waals surface area (Å²) in [7, 11) is 3.10. The van der Waals surface area contributed by atoms with Gasteiger partial charge in [-0.2, -0.15) is 0 Å². The molecule has 0 aliphatic heterocycles. The predicted octanol–water partition coefficient (Wildman–Crippen LogP) is 0.782. The monoisotopic (exact) mass is 210 g/mol. The fraction of sp³-hybridized carbons (Fsp3) is 0.429. The number of H-pyrrole nitrogens is 1. The number of methoxy groups -OCH3 is 2. The Hall–Kier alpha value is 0.220. The first-order chi connectivity index (χ1) is 5.77. The topological polar surface area (TPSA) is 47.1 Å². The maximum absolute atomic E-state index is 5.00. The zero-order valence-electron chi connectivity index (χ0n) is 6.90. The van der Waals surface area contributed by atoms with Gasteiger partial charge in [-0.25, -0.2) is 4.98 Å². The standard InChI is InChI=1S/C7H10N2O2S.Na.H/c1-10-6(11-2)5-3-4-8-7(12)9-5;;/h3-4,6H,1-2H3,(H,8,9,12);;. The van der Waals surface area contributed by atoms with Crippen LogP contribution in [-0.4, -0.2) is 53.7 Å². The Labute approximate surface area is 104 Å². The van der Waals surface area contributed by atoms with E-state index in [1.807, 2.05) is 0 Å². The van der Waals surface area contributed by atoms with Crippen LogP contribution in [0.1, 0.15) is 12.0 Å². The van der Waals surface area contributed by atoms with E-state index in [1.165, 1.54) is 0 Å². The number of hydrogen-bond acceptors (Lipinski definition) is 4. The Kier molecular flexibility index (Phi) is 6.75. The third kappa shape index (κ3) is 3.84. The molecule has 0 amide bonds. The van der Waals surface area contributed by atoms with Crippen LogP contribution in [0.4, 0.5) is 0 Å². The van der Waals surface area contributed by atoms with Crippen molar-refractivity contribution in [2.75, 3.05) is 14.2 Å². The number of rotatable bonds is 3. The molecular weight excluding hydrogens is 199 g/mol. The van der Waals surface area contributed by atoms with Crippen molar-refractivity contribution in [1.82, 2.24) is 9.97 Å². The van der Waals surface area contributed by atoms with Crippen molar-refractivity contribution in [1.29, 1.82) is 0 Å². The summed E-state index contributed by atoms with van der Waals surface area (Å²) in [5.74, 6) is 0. The van der Waals surface area contributed by atoms with Gasteiger partial charge < -0.3 is 14.5 Å². The summed E-state index contributed by atoms with van der Waals surface area (Å²) in [6.45, 7) is 0. The molecule has 6 heteroatoms. The number of nitrogens with one attached hydrogen (secondary N) is 1. The van der Waals surface area contributed by atoms with E-state index >= 15 is 0 Å². The van der Waals surface area contributed by atoms with Gasteiger partial charge in [0.15, 0.2) is 4.77 Å². The van der Waals surface area contributed by atoms with Crippen LogP contribution < -0.4 is 0 Å². The summed E-state index contributed by atoms with van der Waals surface area (Å²) in [5.41, 5.74) is 0.670. The minimum absolute atomic E-state index is 0. The van der Waals surface area contributed by atoms with Crippen LogP contribution in [0.5, 0.6) is 0 Å². The first-order valence-corrected chi connectivity index (χ1v) is 3.80. The van der Waals surface area contributed by atoms with E-state index in [1.54, 1.807) is 26.5 Å². The molecule has 4 nitrogen and oxygen atoms in total. The van der Waals surface area contributed by atoms with Crippen molar-refractivity contribution in [2.24, 2.45) is 0 Å². The van der Waals surface area contributed by atoms with Crippen LogP contribution in [0.15, 0.2) is 12.3 Å². The molecule has 1 aromatic rings. The Bertz CT molecular complexity index is 301. The average molecular weight is 210 g/mol. The molecule has 0 aliphatic rings. The normalized spacial score (nSPS) is 9.77. The first-order valence-electron chi connectivity index (χ1n) is 3.39. The van der Waals surface area contributed by atoms with E-state index in [-0.39, 0.29) is 29.6 Å². The van der Waals surface area contributed by atoms with Crippen molar-refractivity contribution in [3.63, 3.8) is 0 Å². The van der Waals surface area contributed by atoms with Crippen molar-refractivity contribution in [3.8, 4) is 0 Å². The molecule has 68 valence electrons. The van der Waals surface area contributed by atoms with Crippen LogP contribution >= 0.6 is 12.2 Å². The molecule has 0 unspecified atom stereocenters. The second-order valence-electron chi connectivity index (χ2n) is 2.12. The fourth-order valence-corrected chi connectivity index (χ4v) is 1.03. The van der Waals surface area contributed by atoms with E-state index in [2.05, 4.69) is 9.97 Å². The summed E-state index contributed by atoms with van der Waals surface area (Å²) < 4.78 is 10.4. The molecule has 0 saturated heterocycles. The van der Waals surface area contributed by atoms with Crippen LogP contribution in [0.2, 0.25) is 0 Å². The first kappa shape index (κ1) is 13.2. The van der Waals surface area contributed by atoms with Crippen LogP contribution in [0.25, 0.3) is 0 Å². The molecule has 13 heavy (non-hydrogen) atoms. The molecular formula is C7H11N2NaO2S. The molecule has 0 aromatic carbocycles. The predicted molar refractivity (Wildman–Crippen MR) is 53.3 cm³/mol. The molecule has 0 saturated carbocycles. The Morgan fingerprint density at radius 2 is 2.08 bits per heavy atom. The van der Waals surface area contributed by atoms with E-state index in [0.717, 1.165) is 0 Å². The van der Waals surface area contributed by atoms with Crippen molar-refractivity contribution in [2.45, 2.75) is 6.29 Å². The molecule has 0 radical (unpaired) electrons. The van der Waals surface area contributed by atoms with Gasteiger partial charge in [-0.1, -0.05) is 0 Å². The SMILES string of the molecule is COC(OC)c1cc[nH]c(=S)n1.[NaH]. The Morgan fingerprint density at radius 3 is 2.54 bits per heavy atom. The van der Waals surface area contributed by atoms with Gasteiger partial charge in [0.2, 0.25) is 6.29 Å². The van der Waals surface area contributed by atoms with Crippen molar-refractivity contribution < 1.29 is 9.47 Å². The van der Waals surface area contributed by atoms with Gasteiger partial charge in [0, 0.05) is 20.4 Å². The summed E-state index contributed by atoms with van der Waals surface area (Å²) in [6, 6.07) is 1.76. The van der Waals surface area contributed by atoms with Crippen molar-refractivity contribution in [3.05, 3.63) is 22.7 Å². The maximum atomic E-state index is 5.00. The number of aromatic amines is 1. The molecule has 0 spiro atoms.